The minimum atomic E-state index is -2.29. The quantitative estimate of drug-likeness (QED) is 0.0397. The largest absolute Gasteiger partial charge is 0.481 e. The van der Waals surface area contributed by atoms with E-state index in [-0.39, 0.29) is 83.5 Å². The van der Waals surface area contributed by atoms with Gasteiger partial charge in [-0.15, -0.1) is 0 Å². The summed E-state index contributed by atoms with van der Waals surface area (Å²) in [6, 6.07) is -1.36. The molecule has 0 rings (SSSR count). The second-order valence-corrected chi connectivity index (χ2v) is 10.8. The Morgan fingerprint density at radius 3 is 1.70 bits per heavy atom. The van der Waals surface area contributed by atoms with Gasteiger partial charge in [-0.25, -0.2) is 0 Å². The molecule has 0 radical (unpaired) electrons. The number of carboxylic acid groups (broad SMARTS) is 2. The molecule has 0 saturated carbocycles. The van der Waals surface area contributed by atoms with Gasteiger partial charge < -0.3 is 51.3 Å². The van der Waals surface area contributed by atoms with Gasteiger partial charge in [0.2, 0.25) is 11.8 Å². The maximum Gasteiger partial charge on any atom is 0.305 e. The van der Waals surface area contributed by atoms with Crippen molar-refractivity contribution in [1.29, 1.82) is 0 Å². The summed E-state index contributed by atoms with van der Waals surface area (Å²) >= 11 is 0. The molecule has 47 heavy (non-hydrogen) atoms. The molecule has 18 nitrogen and oxygen atoms in total. The van der Waals surface area contributed by atoms with Crippen molar-refractivity contribution < 1.29 is 73.7 Å². The average Bonchev–Trinajstić information content (AvgIpc) is 3.00. The number of aliphatic hydroxyl groups is 4. The van der Waals surface area contributed by atoms with Crippen LogP contribution in [-0.4, -0.2) is 134 Å². The van der Waals surface area contributed by atoms with Crippen LogP contribution < -0.4 is 16.0 Å². The first-order valence-corrected chi connectivity index (χ1v) is 15.1. The van der Waals surface area contributed by atoms with Crippen molar-refractivity contribution in [2.45, 2.75) is 102 Å². The third-order valence-electron chi connectivity index (χ3n) is 6.85. The number of aliphatic hydroxyl groups excluding tert-OH is 4. The van der Waals surface area contributed by atoms with E-state index in [1.165, 1.54) is 6.92 Å². The fourth-order valence-electron chi connectivity index (χ4n) is 4.04. The molecule has 3 amide bonds. The first-order valence-electron chi connectivity index (χ1n) is 15.1. The van der Waals surface area contributed by atoms with Crippen LogP contribution >= 0.6 is 0 Å². The Morgan fingerprint density at radius 1 is 0.660 bits per heavy atom. The number of amides is 3. The SMILES string of the molecule is CCC(CC(=O)O)C(=O)NCCCC(=O)[C@@H](O)[C@H](O)[C@H](O)[C@@H](O)C(=O)NCCCC(=O)C(CC(=O)O)NC(=O)CCOCCC(C)=O. The third kappa shape index (κ3) is 18.8. The van der Waals surface area contributed by atoms with Gasteiger partial charge in [0.25, 0.3) is 5.91 Å². The van der Waals surface area contributed by atoms with Crippen LogP contribution in [0, 0.1) is 5.92 Å². The lowest BCUT2D eigenvalue weighted by molar-refractivity contribution is -0.154. The van der Waals surface area contributed by atoms with E-state index in [0.717, 1.165) is 0 Å². The topological polar surface area (TPSA) is 303 Å². The van der Waals surface area contributed by atoms with E-state index >= 15 is 0 Å². The Morgan fingerprint density at radius 2 is 1.17 bits per heavy atom. The van der Waals surface area contributed by atoms with Crippen LogP contribution in [0.3, 0.4) is 0 Å². The second-order valence-electron chi connectivity index (χ2n) is 10.8. The first-order chi connectivity index (χ1) is 22.0. The Hall–Kier alpha value is -3.84. The molecule has 0 saturated heterocycles. The van der Waals surface area contributed by atoms with Crippen LogP contribution in [0.2, 0.25) is 0 Å². The number of ketones is 3. The molecule has 0 fully saturated rings. The summed E-state index contributed by atoms with van der Waals surface area (Å²) in [6.07, 6.45) is -10.6. The Kier molecular flexibility index (Phi) is 21.6. The van der Waals surface area contributed by atoms with Crippen LogP contribution in [0.4, 0.5) is 0 Å². The molecule has 0 aliphatic rings. The van der Waals surface area contributed by atoms with Crippen molar-refractivity contribution in [3.8, 4) is 0 Å². The number of Topliss-reactive ketones (excluding diaryl/α,β-unsaturated/α-hetero) is 3. The molecule has 0 bridgehead atoms. The lowest BCUT2D eigenvalue weighted by Crippen LogP contribution is -2.52. The molecular formula is C29H47N3O15. The highest BCUT2D eigenvalue weighted by molar-refractivity contribution is 5.92. The number of nitrogens with one attached hydrogen (secondary N) is 3. The predicted octanol–water partition coefficient (Wildman–Crippen LogP) is -2.79. The van der Waals surface area contributed by atoms with Gasteiger partial charge in [0, 0.05) is 44.7 Å². The van der Waals surface area contributed by atoms with Crippen molar-refractivity contribution >= 4 is 47.0 Å². The van der Waals surface area contributed by atoms with Crippen molar-refractivity contribution in [2.75, 3.05) is 26.3 Å². The summed E-state index contributed by atoms with van der Waals surface area (Å²) in [7, 11) is 0. The zero-order valence-electron chi connectivity index (χ0n) is 26.5. The van der Waals surface area contributed by atoms with Gasteiger partial charge in [0.1, 0.15) is 24.1 Å². The molecule has 0 aromatic carbocycles. The van der Waals surface area contributed by atoms with E-state index < -0.39 is 84.0 Å². The van der Waals surface area contributed by atoms with Gasteiger partial charge in [-0.05, 0) is 26.2 Å². The zero-order chi connectivity index (χ0) is 36.1. The number of aliphatic carboxylic acids is 2. The molecule has 6 atom stereocenters. The molecule has 268 valence electrons. The summed E-state index contributed by atoms with van der Waals surface area (Å²) in [6.45, 7) is 2.78. The molecule has 2 unspecified atom stereocenters. The summed E-state index contributed by atoms with van der Waals surface area (Å²) in [4.78, 5) is 93.9. The van der Waals surface area contributed by atoms with E-state index in [0.29, 0.717) is 0 Å². The van der Waals surface area contributed by atoms with Crippen molar-refractivity contribution in [3.63, 3.8) is 0 Å². The van der Waals surface area contributed by atoms with Crippen LogP contribution in [-0.2, 0) is 43.1 Å². The monoisotopic (exact) mass is 677 g/mol. The lowest BCUT2D eigenvalue weighted by atomic mass is 9.97. The average molecular weight is 678 g/mol. The highest BCUT2D eigenvalue weighted by Crippen LogP contribution is 2.11. The smallest absolute Gasteiger partial charge is 0.305 e. The molecule has 0 aromatic rings. The van der Waals surface area contributed by atoms with Gasteiger partial charge in [0.05, 0.1) is 32.1 Å². The van der Waals surface area contributed by atoms with Crippen molar-refractivity contribution in [3.05, 3.63) is 0 Å². The van der Waals surface area contributed by atoms with E-state index in [4.69, 9.17) is 14.9 Å². The zero-order valence-corrected chi connectivity index (χ0v) is 26.5. The minimum absolute atomic E-state index is 0.00333. The number of carbonyl (C=O) groups excluding carboxylic acids is 6. The van der Waals surface area contributed by atoms with Gasteiger partial charge in [-0.2, -0.15) is 0 Å². The number of hydrogen-bond donors (Lipinski definition) is 9. The molecular weight excluding hydrogens is 630 g/mol. The second kappa shape index (κ2) is 23.5. The van der Waals surface area contributed by atoms with E-state index in [1.54, 1.807) is 6.92 Å². The van der Waals surface area contributed by atoms with Gasteiger partial charge >= 0.3 is 11.9 Å². The molecule has 0 spiro atoms. The van der Waals surface area contributed by atoms with E-state index in [2.05, 4.69) is 16.0 Å². The standard InChI is InChI=1S/C29H47N3O15/c1-3-17(14-22(37)38)28(45)30-10-5-7-20(35)24(41)25(42)26(43)27(44)29(46)31-11-4-6-19(34)18(15-23(39)40)32-21(36)9-13-47-12-8-16(2)33/h17-18,24-27,41-44H,3-15H2,1-2H3,(H,30,45)(H,31,46)(H,32,36)(H,37,38)(H,39,40)/t17?,18?,24-,25+,26+,27-/m1/s1. The lowest BCUT2D eigenvalue weighted by Gasteiger charge is -2.25. The summed E-state index contributed by atoms with van der Waals surface area (Å²) in [5, 5.41) is 65.3. The van der Waals surface area contributed by atoms with Crippen molar-refractivity contribution in [2.24, 2.45) is 5.92 Å². The number of hydrogen-bond acceptors (Lipinski definition) is 13. The highest BCUT2D eigenvalue weighted by Gasteiger charge is 2.37. The Labute approximate surface area is 271 Å². The number of ether oxygens (including phenoxy) is 1. The summed E-state index contributed by atoms with van der Waals surface area (Å²) in [5.41, 5.74) is 0. The first kappa shape index (κ1) is 43.2. The Bertz CT molecular complexity index is 1080. The Balaban J connectivity index is 4.65. The normalized spacial score (nSPS) is 14.9. The predicted molar refractivity (Wildman–Crippen MR) is 159 cm³/mol. The van der Waals surface area contributed by atoms with E-state index in [9.17, 15) is 58.8 Å². The van der Waals surface area contributed by atoms with Crippen molar-refractivity contribution in [1.82, 2.24) is 16.0 Å². The summed E-state index contributed by atoms with van der Waals surface area (Å²) in [5.74, 6) is -7.35. The van der Waals surface area contributed by atoms with Gasteiger partial charge in [-0.1, -0.05) is 6.92 Å². The molecule has 18 heteroatoms. The number of carboxylic acids is 2. The van der Waals surface area contributed by atoms with E-state index in [1.807, 2.05) is 0 Å². The van der Waals surface area contributed by atoms with Gasteiger partial charge in [-0.3, -0.25) is 38.4 Å². The fraction of sp³-hybridized carbons (Fsp3) is 0.724. The van der Waals surface area contributed by atoms with Crippen LogP contribution in [0.25, 0.3) is 0 Å². The number of carbonyl (C=O) groups is 8. The maximum atomic E-state index is 12.5. The maximum absolute atomic E-state index is 12.5. The molecule has 9 N–H and O–H groups in total. The van der Waals surface area contributed by atoms with Crippen LogP contribution in [0.1, 0.15) is 71.6 Å². The molecule has 0 aliphatic carbocycles. The third-order valence-corrected chi connectivity index (χ3v) is 6.85. The minimum Gasteiger partial charge on any atom is -0.481 e. The number of rotatable bonds is 27. The van der Waals surface area contributed by atoms with Crippen LogP contribution in [0.15, 0.2) is 0 Å². The molecule has 0 heterocycles. The molecule has 0 aromatic heterocycles. The highest BCUT2D eigenvalue weighted by atomic mass is 16.5. The molecule has 0 aliphatic heterocycles. The van der Waals surface area contributed by atoms with Gasteiger partial charge in [0.15, 0.2) is 17.7 Å². The van der Waals surface area contributed by atoms with Crippen LogP contribution in [0.5, 0.6) is 0 Å². The summed E-state index contributed by atoms with van der Waals surface area (Å²) < 4.78 is 5.13. The fourth-order valence-corrected chi connectivity index (χ4v) is 4.04.